The number of anilines is 1. The minimum Gasteiger partial charge on any atom is -0.493 e. The van der Waals surface area contributed by atoms with Crippen molar-refractivity contribution in [2.24, 2.45) is 0 Å². The molecule has 0 bridgehead atoms. The van der Waals surface area contributed by atoms with Gasteiger partial charge in [-0.2, -0.15) is 4.98 Å². The summed E-state index contributed by atoms with van der Waals surface area (Å²) >= 11 is 0. The van der Waals surface area contributed by atoms with E-state index in [0.29, 0.717) is 5.75 Å². The van der Waals surface area contributed by atoms with Crippen LogP contribution in [0.4, 0.5) is 5.82 Å². The van der Waals surface area contributed by atoms with E-state index in [4.69, 9.17) is 14.2 Å². The van der Waals surface area contributed by atoms with Gasteiger partial charge in [0.15, 0.2) is 23.1 Å². The van der Waals surface area contributed by atoms with Gasteiger partial charge in [0.05, 0.1) is 18.6 Å². The number of hydrogen-bond acceptors (Lipinski definition) is 10. The second-order valence-electron chi connectivity index (χ2n) is 9.31. The molecule has 4 rings (SSSR count). The first-order valence-electron chi connectivity index (χ1n) is 12.0. The molecule has 0 unspecified atom stereocenters. The fourth-order valence-electron chi connectivity index (χ4n) is 3.48. The van der Waals surface area contributed by atoms with Crippen LogP contribution >= 0.6 is 0 Å². The Labute approximate surface area is 263 Å². The van der Waals surface area contributed by atoms with Gasteiger partial charge in [-0.15, -0.1) is 0 Å². The Bertz CT molecular complexity index is 1530. The first kappa shape index (κ1) is 31.5. The van der Waals surface area contributed by atoms with Crippen molar-refractivity contribution in [3.8, 4) is 34.8 Å². The maximum absolute atomic E-state index is 13.5. The molecular weight excluding hydrogens is 562 g/mol. The van der Waals surface area contributed by atoms with Crippen LogP contribution < -0.4 is 18.9 Å². The maximum Gasteiger partial charge on any atom is 0.263 e. The SMILES string of the molecule is COc1ccccc1Oc1c(NS(=O)(=O)c2ccc(C(C)(C)C)cc2)nc(-c2ncccn2)nc1OCCO.[Ca]. The zero-order chi connectivity index (χ0) is 28.0. The average Bonchev–Trinajstić information content (AvgIpc) is 2.93. The van der Waals surface area contributed by atoms with Gasteiger partial charge in [-0.3, -0.25) is 4.72 Å². The minimum absolute atomic E-state index is 0. The Balaban J connectivity index is 0.00000441. The monoisotopic (exact) mass is 591 g/mol. The molecule has 0 fully saturated rings. The number of hydrogen-bond donors (Lipinski definition) is 2. The third-order valence-electron chi connectivity index (χ3n) is 5.47. The third-order valence-corrected chi connectivity index (χ3v) is 6.83. The van der Waals surface area contributed by atoms with Crippen molar-refractivity contribution in [3.63, 3.8) is 0 Å². The quantitative estimate of drug-likeness (QED) is 0.261. The summed E-state index contributed by atoms with van der Waals surface area (Å²) in [5.41, 5.74) is 0.827. The molecule has 0 atom stereocenters. The number of benzene rings is 2. The van der Waals surface area contributed by atoms with Gasteiger partial charge in [0.25, 0.3) is 15.9 Å². The van der Waals surface area contributed by atoms with E-state index < -0.39 is 10.0 Å². The van der Waals surface area contributed by atoms with Crippen LogP contribution in [0.2, 0.25) is 0 Å². The summed E-state index contributed by atoms with van der Waals surface area (Å²) in [6.07, 6.45) is 3.00. The number of nitrogens with zero attached hydrogens (tertiary/aromatic N) is 4. The third kappa shape index (κ3) is 7.58. The van der Waals surface area contributed by atoms with Gasteiger partial charge < -0.3 is 19.3 Å². The Kier molecular flexibility index (Phi) is 10.7. The average molecular weight is 592 g/mol. The van der Waals surface area contributed by atoms with Crippen LogP contribution in [0.1, 0.15) is 26.3 Å². The molecule has 13 heteroatoms. The summed E-state index contributed by atoms with van der Waals surface area (Å²) in [6.45, 7) is 5.65. The summed E-state index contributed by atoms with van der Waals surface area (Å²) in [7, 11) is -2.66. The number of para-hydroxylation sites is 2. The van der Waals surface area contributed by atoms with Crippen molar-refractivity contribution in [1.82, 2.24) is 19.9 Å². The van der Waals surface area contributed by atoms with Gasteiger partial charge >= 0.3 is 0 Å². The van der Waals surface area contributed by atoms with E-state index in [9.17, 15) is 13.5 Å². The van der Waals surface area contributed by atoms with E-state index in [-0.39, 0.29) is 96.1 Å². The van der Waals surface area contributed by atoms with E-state index >= 15 is 0 Å². The summed E-state index contributed by atoms with van der Waals surface area (Å²) in [5, 5.41) is 9.40. The number of methoxy groups -OCH3 is 1. The number of nitrogens with one attached hydrogen (secondary N) is 1. The van der Waals surface area contributed by atoms with Crippen LogP contribution in [-0.4, -0.2) is 91.5 Å². The Morgan fingerprint density at radius 3 is 2.15 bits per heavy atom. The molecule has 0 aliphatic heterocycles. The number of aliphatic hydroxyl groups is 1. The Morgan fingerprint density at radius 2 is 1.55 bits per heavy atom. The van der Waals surface area contributed by atoms with Crippen LogP contribution in [0.15, 0.2) is 71.9 Å². The van der Waals surface area contributed by atoms with E-state index in [1.165, 1.54) is 31.6 Å². The summed E-state index contributed by atoms with van der Waals surface area (Å²) in [4.78, 5) is 17.1. The van der Waals surface area contributed by atoms with Crippen LogP contribution in [0.5, 0.6) is 23.1 Å². The van der Waals surface area contributed by atoms with Crippen molar-refractivity contribution in [2.45, 2.75) is 31.1 Å². The van der Waals surface area contributed by atoms with E-state index in [2.05, 4.69) is 24.7 Å². The molecule has 2 aromatic carbocycles. The second-order valence-corrected chi connectivity index (χ2v) is 11.0. The molecule has 0 amide bonds. The first-order valence-corrected chi connectivity index (χ1v) is 13.5. The smallest absolute Gasteiger partial charge is 0.263 e. The van der Waals surface area contributed by atoms with E-state index in [1.54, 1.807) is 42.5 Å². The van der Waals surface area contributed by atoms with Crippen molar-refractivity contribution in [2.75, 3.05) is 25.0 Å². The molecule has 0 saturated carbocycles. The normalized spacial score (nSPS) is 11.3. The topological polar surface area (TPSA) is 146 Å². The molecule has 2 N–H and O–H groups in total. The predicted octanol–water partition coefficient (Wildman–Crippen LogP) is 3.82. The van der Waals surface area contributed by atoms with E-state index in [1.807, 2.05) is 20.8 Å². The predicted molar refractivity (Wildman–Crippen MR) is 150 cm³/mol. The van der Waals surface area contributed by atoms with Gasteiger partial charge in [0.2, 0.25) is 11.6 Å². The molecule has 0 saturated heterocycles. The molecule has 2 aromatic heterocycles. The number of sulfonamides is 1. The van der Waals surface area contributed by atoms with Crippen molar-refractivity contribution in [1.29, 1.82) is 0 Å². The molecule has 206 valence electrons. The molecule has 2 radical (unpaired) electrons. The number of ether oxygens (including phenoxy) is 3. The number of aliphatic hydroxyl groups excluding tert-OH is 1. The van der Waals surface area contributed by atoms with Gasteiger partial charge in [0, 0.05) is 50.1 Å². The van der Waals surface area contributed by atoms with E-state index in [0.717, 1.165) is 5.56 Å². The molecule has 40 heavy (non-hydrogen) atoms. The molecule has 0 spiro atoms. The van der Waals surface area contributed by atoms with Crippen LogP contribution in [0, 0.1) is 0 Å². The summed E-state index contributed by atoms with van der Waals surface area (Å²) < 4.78 is 46.6. The largest absolute Gasteiger partial charge is 0.493 e. The fraction of sp³-hybridized carbons (Fsp3) is 0.259. The molecule has 4 aromatic rings. The van der Waals surface area contributed by atoms with Gasteiger partial charge in [-0.05, 0) is 41.3 Å². The van der Waals surface area contributed by atoms with Crippen molar-refractivity contribution in [3.05, 3.63) is 72.6 Å². The van der Waals surface area contributed by atoms with Crippen molar-refractivity contribution >= 4 is 53.6 Å². The Hall–Kier alpha value is -3.03. The fourth-order valence-corrected chi connectivity index (χ4v) is 4.48. The van der Waals surface area contributed by atoms with Crippen LogP contribution in [-0.2, 0) is 15.4 Å². The number of rotatable bonds is 10. The zero-order valence-corrected chi connectivity index (χ0v) is 25.7. The zero-order valence-electron chi connectivity index (χ0n) is 22.7. The summed E-state index contributed by atoms with van der Waals surface area (Å²) in [6, 6.07) is 15.0. The molecule has 11 nitrogen and oxygen atoms in total. The van der Waals surface area contributed by atoms with Gasteiger partial charge in [0.1, 0.15) is 6.61 Å². The van der Waals surface area contributed by atoms with Crippen LogP contribution in [0.25, 0.3) is 11.6 Å². The van der Waals surface area contributed by atoms with Gasteiger partial charge in [-0.25, -0.2) is 23.4 Å². The molecule has 0 aliphatic rings. The standard InChI is InChI=1S/C27H29N5O6S.Ca/c1-27(2,3)18-10-12-19(13-11-18)39(34,35)32-23-22(38-21-9-6-5-8-20(21)36-4)26(37-17-16-33)31-25(30-23)24-28-14-7-15-29-24;/h5-15,33H,16-17H2,1-4H3,(H,30,31,32);. The molecule has 0 aliphatic carbocycles. The Morgan fingerprint density at radius 1 is 0.900 bits per heavy atom. The maximum atomic E-state index is 13.5. The number of aromatic nitrogens is 4. The van der Waals surface area contributed by atoms with Crippen molar-refractivity contribution < 1.29 is 27.7 Å². The van der Waals surface area contributed by atoms with Gasteiger partial charge in [-0.1, -0.05) is 45.0 Å². The first-order chi connectivity index (χ1) is 18.6. The van der Waals surface area contributed by atoms with Crippen LogP contribution in [0.3, 0.4) is 0 Å². The minimum atomic E-state index is -4.14. The molecular formula is C27H29CaN5O6S. The summed E-state index contributed by atoms with van der Waals surface area (Å²) in [5.74, 6) is 0.271. The molecule has 2 heterocycles. The second kappa shape index (κ2) is 13.6.